The third-order valence-electron chi connectivity index (χ3n) is 1.65. The molecular weight excluding hydrogens is 156 g/mol. The molecule has 0 aliphatic rings. The van der Waals surface area contributed by atoms with Crippen LogP contribution in [0.1, 0.15) is 11.5 Å². The molecule has 1 aromatic rings. The van der Waals surface area contributed by atoms with Crippen molar-refractivity contribution in [2.75, 3.05) is 0 Å². The first-order valence-electron chi connectivity index (χ1n) is 3.50. The van der Waals surface area contributed by atoms with E-state index in [-0.39, 0.29) is 0 Å². The molecule has 0 saturated heterocycles. The summed E-state index contributed by atoms with van der Waals surface area (Å²) in [5.41, 5.74) is 0.787. The minimum absolute atomic E-state index is 0.787. The van der Waals surface area contributed by atoms with E-state index in [4.69, 9.17) is 5.11 Å². The maximum atomic E-state index is 10.2. The molecule has 0 aliphatic heterocycles. The van der Waals surface area contributed by atoms with Crippen molar-refractivity contribution in [3.8, 4) is 0 Å². The molecule has 0 atom stereocenters. The first kappa shape index (κ1) is 8.52. The normalized spacial score (nSPS) is 10.8. The lowest BCUT2D eigenvalue weighted by atomic mass is 10.4. The first-order valence-corrected chi connectivity index (χ1v) is 3.50. The van der Waals surface area contributed by atoms with Gasteiger partial charge >= 0.3 is 5.97 Å². The van der Waals surface area contributed by atoms with E-state index >= 15 is 0 Å². The molecule has 0 fully saturated rings. The second kappa shape index (κ2) is 3.21. The van der Waals surface area contributed by atoms with Gasteiger partial charge in [0.25, 0.3) is 0 Å². The summed E-state index contributed by atoms with van der Waals surface area (Å²) < 4.78 is 1.82. The number of imidazole rings is 1. The first-order chi connectivity index (χ1) is 5.61. The Labute approximate surface area is 70.2 Å². The Kier molecular flexibility index (Phi) is 2.28. The van der Waals surface area contributed by atoms with Crippen molar-refractivity contribution in [3.63, 3.8) is 0 Å². The molecule has 0 radical (unpaired) electrons. The second-order valence-corrected chi connectivity index (χ2v) is 2.46. The molecule has 0 spiro atoms. The molecule has 1 heterocycles. The lowest BCUT2D eigenvalue weighted by Gasteiger charge is -1.95. The summed E-state index contributed by atoms with van der Waals surface area (Å²) in [5.74, 6) is -0.0890. The number of carbonyl (C=O) groups is 1. The van der Waals surface area contributed by atoms with Crippen molar-refractivity contribution < 1.29 is 9.90 Å². The summed E-state index contributed by atoms with van der Waals surface area (Å²) >= 11 is 0. The van der Waals surface area contributed by atoms with Crippen molar-refractivity contribution in [1.82, 2.24) is 9.55 Å². The monoisotopic (exact) mass is 166 g/mol. The quantitative estimate of drug-likeness (QED) is 0.662. The van der Waals surface area contributed by atoms with Crippen LogP contribution in [0.3, 0.4) is 0 Å². The van der Waals surface area contributed by atoms with Crippen LogP contribution < -0.4 is 0 Å². The standard InChI is InChI=1S/C8H10N2O2/c1-6-9-5-7(10(6)2)3-4-8(11)12/h3-5H,1-2H3,(H,11,12)/b4-3+. The largest absolute Gasteiger partial charge is 0.478 e. The molecule has 0 amide bonds. The Bertz CT molecular complexity index is 326. The molecule has 0 aromatic carbocycles. The number of aliphatic carboxylic acids is 1. The number of aryl methyl sites for hydroxylation is 1. The average molecular weight is 166 g/mol. The Morgan fingerprint density at radius 1 is 1.75 bits per heavy atom. The van der Waals surface area contributed by atoms with Gasteiger partial charge in [-0.05, 0) is 13.0 Å². The topological polar surface area (TPSA) is 55.1 Å². The molecule has 64 valence electrons. The molecule has 1 rings (SSSR count). The molecule has 4 nitrogen and oxygen atoms in total. The summed E-state index contributed by atoms with van der Waals surface area (Å²) in [7, 11) is 1.84. The van der Waals surface area contributed by atoms with Crippen LogP contribution in [0.5, 0.6) is 0 Å². The van der Waals surface area contributed by atoms with Crippen molar-refractivity contribution >= 4 is 12.0 Å². The highest BCUT2D eigenvalue weighted by molar-refractivity contribution is 5.84. The SMILES string of the molecule is Cc1ncc(/C=C/C(=O)O)n1C. The number of aromatic nitrogens is 2. The third kappa shape index (κ3) is 1.72. The van der Waals surface area contributed by atoms with Gasteiger partial charge in [0.15, 0.2) is 0 Å². The number of rotatable bonds is 2. The van der Waals surface area contributed by atoms with Gasteiger partial charge in [-0.2, -0.15) is 0 Å². The third-order valence-corrected chi connectivity index (χ3v) is 1.65. The lowest BCUT2D eigenvalue weighted by molar-refractivity contribution is -0.131. The minimum Gasteiger partial charge on any atom is -0.478 e. The minimum atomic E-state index is -0.950. The summed E-state index contributed by atoms with van der Waals surface area (Å²) in [6, 6.07) is 0. The zero-order chi connectivity index (χ0) is 9.14. The second-order valence-electron chi connectivity index (χ2n) is 2.46. The van der Waals surface area contributed by atoms with Crippen molar-refractivity contribution in [2.24, 2.45) is 7.05 Å². The molecular formula is C8H10N2O2. The zero-order valence-corrected chi connectivity index (χ0v) is 6.98. The fraction of sp³-hybridized carbons (Fsp3) is 0.250. The van der Waals surface area contributed by atoms with E-state index in [0.717, 1.165) is 17.6 Å². The van der Waals surface area contributed by atoms with Crippen molar-refractivity contribution in [3.05, 3.63) is 23.8 Å². The predicted octanol–water partition coefficient (Wildman–Crippen LogP) is 0.826. The van der Waals surface area contributed by atoms with Crippen LogP contribution in [-0.4, -0.2) is 20.6 Å². The molecule has 12 heavy (non-hydrogen) atoms. The number of hydrogen-bond donors (Lipinski definition) is 1. The van der Waals surface area contributed by atoms with Crippen LogP contribution in [-0.2, 0) is 11.8 Å². The molecule has 0 saturated carbocycles. The van der Waals surface area contributed by atoms with Gasteiger partial charge in [-0.1, -0.05) is 0 Å². The summed E-state index contributed by atoms with van der Waals surface area (Å²) in [6.07, 6.45) is 4.24. The van der Waals surface area contributed by atoms with Crippen LogP contribution in [0.4, 0.5) is 0 Å². The zero-order valence-electron chi connectivity index (χ0n) is 6.98. The summed E-state index contributed by atoms with van der Waals surface area (Å²) in [5, 5.41) is 8.36. The Hall–Kier alpha value is -1.58. The van der Waals surface area contributed by atoms with Gasteiger partial charge in [0.1, 0.15) is 5.82 Å². The van der Waals surface area contributed by atoms with Crippen molar-refractivity contribution in [2.45, 2.75) is 6.92 Å². The summed E-state index contributed by atoms with van der Waals surface area (Å²) in [6.45, 7) is 1.86. The van der Waals surface area contributed by atoms with E-state index in [1.807, 2.05) is 18.5 Å². The maximum absolute atomic E-state index is 10.2. The van der Waals surface area contributed by atoms with E-state index in [1.165, 1.54) is 6.08 Å². The van der Waals surface area contributed by atoms with Gasteiger partial charge in [0, 0.05) is 13.1 Å². The predicted molar refractivity (Wildman–Crippen MR) is 44.6 cm³/mol. The molecule has 4 heteroatoms. The van der Waals surface area contributed by atoms with Gasteiger partial charge in [-0.25, -0.2) is 9.78 Å². The van der Waals surface area contributed by atoms with Gasteiger partial charge in [-0.3, -0.25) is 0 Å². The van der Waals surface area contributed by atoms with Crippen LogP contribution in [0, 0.1) is 6.92 Å². The van der Waals surface area contributed by atoms with Gasteiger partial charge in [0.2, 0.25) is 0 Å². The highest BCUT2D eigenvalue weighted by atomic mass is 16.4. The number of nitrogens with zero attached hydrogens (tertiary/aromatic N) is 2. The highest BCUT2D eigenvalue weighted by Crippen LogP contribution is 2.03. The Balaban J connectivity index is 2.90. The molecule has 0 unspecified atom stereocenters. The maximum Gasteiger partial charge on any atom is 0.328 e. The lowest BCUT2D eigenvalue weighted by Crippen LogP contribution is -1.94. The van der Waals surface area contributed by atoms with E-state index in [9.17, 15) is 4.79 Å². The number of carboxylic acids is 1. The highest BCUT2D eigenvalue weighted by Gasteiger charge is 1.97. The Morgan fingerprint density at radius 3 is 2.83 bits per heavy atom. The molecule has 1 aromatic heterocycles. The smallest absolute Gasteiger partial charge is 0.328 e. The van der Waals surface area contributed by atoms with E-state index in [2.05, 4.69) is 4.98 Å². The molecule has 0 aliphatic carbocycles. The molecule has 0 bridgehead atoms. The van der Waals surface area contributed by atoms with Crippen LogP contribution in [0.25, 0.3) is 6.08 Å². The van der Waals surface area contributed by atoms with E-state index in [0.29, 0.717) is 0 Å². The van der Waals surface area contributed by atoms with Crippen molar-refractivity contribution in [1.29, 1.82) is 0 Å². The fourth-order valence-electron chi connectivity index (χ4n) is 0.831. The van der Waals surface area contributed by atoms with E-state index < -0.39 is 5.97 Å². The number of carboxylic acid groups (broad SMARTS) is 1. The average Bonchev–Trinajstić information content (AvgIpc) is 2.30. The van der Waals surface area contributed by atoms with Gasteiger partial charge < -0.3 is 9.67 Å². The molecule has 1 N–H and O–H groups in total. The van der Waals surface area contributed by atoms with Gasteiger partial charge in [-0.15, -0.1) is 0 Å². The summed E-state index contributed by atoms with van der Waals surface area (Å²) in [4.78, 5) is 14.2. The fourth-order valence-corrected chi connectivity index (χ4v) is 0.831. The van der Waals surface area contributed by atoms with Crippen LogP contribution in [0.2, 0.25) is 0 Å². The Morgan fingerprint density at radius 2 is 2.42 bits per heavy atom. The number of hydrogen-bond acceptors (Lipinski definition) is 2. The van der Waals surface area contributed by atoms with E-state index in [1.54, 1.807) is 6.20 Å². The van der Waals surface area contributed by atoms with Crippen LogP contribution >= 0.6 is 0 Å². The van der Waals surface area contributed by atoms with Gasteiger partial charge in [0.05, 0.1) is 11.9 Å². The van der Waals surface area contributed by atoms with Crippen LogP contribution in [0.15, 0.2) is 12.3 Å².